The highest BCUT2D eigenvalue weighted by molar-refractivity contribution is 6.00. The first-order valence-electron chi connectivity index (χ1n) is 7.34. The minimum absolute atomic E-state index is 0.112. The molecule has 0 spiro atoms. The zero-order valence-corrected chi connectivity index (χ0v) is 13.5. The van der Waals surface area contributed by atoms with Crippen molar-refractivity contribution >= 4 is 11.8 Å². The van der Waals surface area contributed by atoms with Crippen molar-refractivity contribution in [3.05, 3.63) is 62.9 Å². The van der Waals surface area contributed by atoms with Crippen molar-refractivity contribution in [1.82, 2.24) is 9.55 Å². The van der Waals surface area contributed by atoms with Crippen LogP contribution in [-0.2, 0) is 16.1 Å². The standard InChI is InChI=1S/C16H14F2N2O6/c1-9(14(23)10-2-4-11(5-3-10)26-15(17)18)25-13(22)8-20-7-6-12(21)19-16(20)24/h2-7,9,15H,8H2,1H3,(H,19,21,24)/t9-/m1/s1. The molecule has 8 nitrogen and oxygen atoms in total. The molecule has 10 heteroatoms. The molecule has 0 aliphatic rings. The predicted octanol–water partition coefficient (Wildman–Crippen LogP) is 0.953. The van der Waals surface area contributed by atoms with E-state index in [0.717, 1.165) is 16.8 Å². The largest absolute Gasteiger partial charge is 0.453 e. The molecule has 1 aromatic carbocycles. The van der Waals surface area contributed by atoms with Gasteiger partial charge in [-0.2, -0.15) is 8.78 Å². The van der Waals surface area contributed by atoms with Crippen molar-refractivity contribution in [1.29, 1.82) is 0 Å². The van der Waals surface area contributed by atoms with Crippen LogP contribution in [0.3, 0.4) is 0 Å². The van der Waals surface area contributed by atoms with Gasteiger partial charge in [0.15, 0.2) is 6.10 Å². The van der Waals surface area contributed by atoms with Gasteiger partial charge in [0.2, 0.25) is 5.78 Å². The predicted molar refractivity (Wildman–Crippen MR) is 84.3 cm³/mol. The summed E-state index contributed by atoms with van der Waals surface area (Å²) in [4.78, 5) is 48.5. The van der Waals surface area contributed by atoms with Crippen LogP contribution in [0, 0.1) is 0 Å². The second-order valence-electron chi connectivity index (χ2n) is 5.14. The molecule has 1 heterocycles. The molecule has 0 aliphatic carbocycles. The molecular formula is C16H14F2N2O6. The molecule has 2 rings (SSSR count). The third-order valence-electron chi connectivity index (χ3n) is 3.24. The first-order chi connectivity index (χ1) is 12.3. The number of aromatic amines is 1. The fourth-order valence-electron chi connectivity index (χ4n) is 2.03. The molecule has 1 aromatic heterocycles. The highest BCUT2D eigenvalue weighted by atomic mass is 19.3. The van der Waals surface area contributed by atoms with Crippen LogP contribution < -0.4 is 16.0 Å². The molecule has 1 atom stereocenters. The van der Waals surface area contributed by atoms with Crippen molar-refractivity contribution in [2.75, 3.05) is 0 Å². The van der Waals surface area contributed by atoms with Gasteiger partial charge in [-0.3, -0.25) is 23.9 Å². The molecule has 0 bridgehead atoms. The summed E-state index contributed by atoms with van der Waals surface area (Å²) in [6, 6.07) is 5.96. The molecule has 0 saturated heterocycles. The Morgan fingerprint density at radius 2 is 1.81 bits per heavy atom. The first kappa shape index (κ1) is 19.0. The van der Waals surface area contributed by atoms with E-state index in [1.165, 1.54) is 31.2 Å². The number of carbonyl (C=O) groups is 2. The fourth-order valence-corrected chi connectivity index (χ4v) is 2.03. The van der Waals surface area contributed by atoms with E-state index >= 15 is 0 Å². The van der Waals surface area contributed by atoms with Gasteiger partial charge in [-0.05, 0) is 31.2 Å². The Kier molecular flexibility index (Phi) is 5.99. The second kappa shape index (κ2) is 8.19. The zero-order chi connectivity index (χ0) is 19.3. The van der Waals surface area contributed by atoms with E-state index in [0.29, 0.717) is 0 Å². The fraction of sp³-hybridized carbons (Fsp3) is 0.250. The summed E-state index contributed by atoms with van der Waals surface area (Å²) in [6.45, 7) is -2.14. The smallest absolute Gasteiger partial charge is 0.387 e. The van der Waals surface area contributed by atoms with Gasteiger partial charge >= 0.3 is 18.3 Å². The minimum Gasteiger partial charge on any atom is -0.453 e. The lowest BCUT2D eigenvalue weighted by atomic mass is 10.1. The van der Waals surface area contributed by atoms with E-state index in [1.807, 2.05) is 4.98 Å². The topological polar surface area (TPSA) is 107 Å². The number of H-pyrrole nitrogens is 1. The Hall–Kier alpha value is -3.30. The molecule has 26 heavy (non-hydrogen) atoms. The quantitative estimate of drug-likeness (QED) is 0.576. The van der Waals surface area contributed by atoms with Crippen LogP contribution >= 0.6 is 0 Å². The maximum absolute atomic E-state index is 12.2. The summed E-state index contributed by atoms with van der Waals surface area (Å²) in [7, 11) is 0. The van der Waals surface area contributed by atoms with E-state index in [9.17, 15) is 28.0 Å². The Balaban J connectivity index is 1.98. The number of aromatic nitrogens is 2. The summed E-state index contributed by atoms with van der Waals surface area (Å²) >= 11 is 0. The van der Waals surface area contributed by atoms with E-state index < -0.39 is 42.3 Å². The number of ketones is 1. The van der Waals surface area contributed by atoms with Crippen molar-refractivity contribution in [2.24, 2.45) is 0 Å². The number of rotatable bonds is 7. The van der Waals surface area contributed by atoms with Crippen molar-refractivity contribution in [3.63, 3.8) is 0 Å². The van der Waals surface area contributed by atoms with Crippen molar-refractivity contribution in [3.8, 4) is 5.75 Å². The summed E-state index contributed by atoms with van der Waals surface area (Å²) in [6.07, 6.45) is -0.0424. The Morgan fingerprint density at radius 3 is 2.38 bits per heavy atom. The Bertz CT molecular complexity index is 904. The van der Waals surface area contributed by atoms with E-state index in [1.54, 1.807) is 0 Å². The van der Waals surface area contributed by atoms with Gasteiger partial charge in [0.05, 0.1) is 0 Å². The second-order valence-corrected chi connectivity index (χ2v) is 5.14. The Labute approximate surface area is 145 Å². The third kappa shape index (κ3) is 5.10. The number of alkyl halides is 2. The molecule has 1 N–H and O–H groups in total. The molecule has 0 radical (unpaired) electrons. The highest BCUT2D eigenvalue weighted by Gasteiger charge is 2.20. The van der Waals surface area contributed by atoms with Crippen LogP contribution in [0.15, 0.2) is 46.1 Å². The maximum Gasteiger partial charge on any atom is 0.387 e. The van der Waals surface area contributed by atoms with Crippen LogP contribution in [0.1, 0.15) is 17.3 Å². The minimum atomic E-state index is -2.98. The van der Waals surface area contributed by atoms with Gasteiger partial charge in [-0.25, -0.2) is 4.79 Å². The monoisotopic (exact) mass is 368 g/mol. The number of nitrogens with one attached hydrogen (secondary N) is 1. The number of halogens is 2. The number of ether oxygens (including phenoxy) is 2. The number of hydrogen-bond donors (Lipinski definition) is 1. The number of hydrogen-bond acceptors (Lipinski definition) is 6. The normalized spacial score (nSPS) is 11.8. The third-order valence-corrected chi connectivity index (χ3v) is 3.24. The van der Waals surface area contributed by atoms with Crippen LogP contribution in [0.25, 0.3) is 0 Å². The number of nitrogens with zero attached hydrogens (tertiary/aromatic N) is 1. The van der Waals surface area contributed by atoms with Crippen LogP contribution in [0.4, 0.5) is 8.78 Å². The summed E-state index contributed by atoms with van der Waals surface area (Å²) in [5, 5.41) is 0. The van der Waals surface area contributed by atoms with Crippen LogP contribution in [0.5, 0.6) is 5.75 Å². The van der Waals surface area contributed by atoms with E-state index in [2.05, 4.69) is 4.74 Å². The lowest BCUT2D eigenvalue weighted by Crippen LogP contribution is -2.33. The van der Waals surface area contributed by atoms with Gasteiger partial charge in [-0.1, -0.05) is 0 Å². The number of benzene rings is 1. The summed E-state index contributed by atoms with van der Waals surface area (Å²) in [5.41, 5.74) is -1.27. The van der Waals surface area contributed by atoms with Crippen molar-refractivity contribution in [2.45, 2.75) is 26.2 Å². The van der Waals surface area contributed by atoms with Crippen molar-refractivity contribution < 1.29 is 27.8 Å². The number of carbonyl (C=O) groups excluding carboxylic acids is 2. The Morgan fingerprint density at radius 1 is 1.15 bits per heavy atom. The average molecular weight is 368 g/mol. The zero-order valence-electron chi connectivity index (χ0n) is 13.5. The number of Topliss-reactive ketones (excluding diaryl/α,β-unsaturated/α-hetero) is 1. The van der Waals surface area contributed by atoms with Gasteiger partial charge in [-0.15, -0.1) is 0 Å². The molecule has 0 amide bonds. The summed E-state index contributed by atoms with van der Waals surface area (Å²) in [5.74, 6) is -1.54. The average Bonchev–Trinajstić information content (AvgIpc) is 2.57. The van der Waals surface area contributed by atoms with Gasteiger partial charge < -0.3 is 9.47 Å². The molecule has 0 saturated carbocycles. The lowest BCUT2D eigenvalue weighted by Gasteiger charge is -2.13. The maximum atomic E-state index is 12.2. The van der Waals surface area contributed by atoms with Gasteiger partial charge in [0.25, 0.3) is 5.56 Å². The summed E-state index contributed by atoms with van der Waals surface area (Å²) < 4.78 is 34.2. The van der Waals surface area contributed by atoms with Crippen LogP contribution in [-0.4, -0.2) is 34.0 Å². The van der Waals surface area contributed by atoms with Crippen LogP contribution in [0.2, 0.25) is 0 Å². The molecule has 0 aliphatic heterocycles. The highest BCUT2D eigenvalue weighted by Crippen LogP contribution is 2.16. The molecular weight excluding hydrogens is 354 g/mol. The lowest BCUT2D eigenvalue weighted by molar-refractivity contribution is -0.147. The van der Waals surface area contributed by atoms with E-state index in [4.69, 9.17) is 4.74 Å². The van der Waals surface area contributed by atoms with Gasteiger partial charge in [0, 0.05) is 17.8 Å². The molecule has 0 unspecified atom stereocenters. The SMILES string of the molecule is C[C@@H](OC(=O)Cn1ccc(=O)[nH]c1=O)C(=O)c1ccc(OC(F)F)cc1. The first-order valence-corrected chi connectivity index (χ1v) is 7.34. The number of esters is 1. The molecule has 0 fully saturated rings. The van der Waals surface area contributed by atoms with Gasteiger partial charge in [0.1, 0.15) is 12.3 Å². The molecule has 2 aromatic rings. The van der Waals surface area contributed by atoms with E-state index in [-0.39, 0.29) is 11.3 Å². The molecule has 138 valence electrons.